The minimum Gasteiger partial charge on any atom is -0.478 e. The summed E-state index contributed by atoms with van der Waals surface area (Å²) in [7, 11) is 1.94. The fourth-order valence-electron chi connectivity index (χ4n) is 2.13. The van der Waals surface area contributed by atoms with Crippen LogP contribution in [0.2, 0.25) is 0 Å². The van der Waals surface area contributed by atoms with Gasteiger partial charge >= 0.3 is 5.97 Å². The molecule has 2 N–H and O–H groups in total. The number of carbonyl (C=O) groups is 2. The molecular weight excluding hydrogens is 280 g/mol. The second kappa shape index (κ2) is 9.07. The van der Waals surface area contributed by atoms with Crippen molar-refractivity contribution in [2.45, 2.75) is 46.0 Å². The fraction of sp³-hybridized carbons (Fsp3) is 0.529. The predicted octanol–water partition coefficient (Wildman–Crippen LogP) is 3.75. The number of nitrogens with one attached hydrogen (secondary N) is 1. The van der Waals surface area contributed by atoms with Gasteiger partial charge in [0.1, 0.15) is 0 Å². The van der Waals surface area contributed by atoms with Gasteiger partial charge in [-0.3, -0.25) is 4.79 Å². The van der Waals surface area contributed by atoms with Gasteiger partial charge in [0, 0.05) is 25.7 Å². The van der Waals surface area contributed by atoms with Crippen LogP contribution in [0.5, 0.6) is 0 Å². The molecule has 0 saturated heterocycles. The van der Waals surface area contributed by atoms with Gasteiger partial charge in [-0.15, -0.1) is 0 Å². The average molecular weight is 306 g/mol. The van der Waals surface area contributed by atoms with Crippen molar-refractivity contribution in [3.05, 3.63) is 23.8 Å². The van der Waals surface area contributed by atoms with Crippen molar-refractivity contribution in [2.24, 2.45) is 0 Å². The highest BCUT2D eigenvalue weighted by atomic mass is 16.4. The number of aromatic carboxylic acids is 1. The van der Waals surface area contributed by atoms with E-state index < -0.39 is 5.97 Å². The lowest BCUT2D eigenvalue weighted by Crippen LogP contribution is -2.20. The molecule has 1 rings (SSSR count). The van der Waals surface area contributed by atoms with Crippen molar-refractivity contribution in [2.75, 3.05) is 23.8 Å². The Balaban J connectivity index is 2.90. The standard InChI is InChI=1S/C17H26N2O3/c1-4-6-8-16(20)18-15-10-9-13(12-14(15)17(21)22)19(3)11-7-5-2/h9-10,12H,4-8,11H2,1-3H3,(H,18,20)(H,21,22). The van der Waals surface area contributed by atoms with E-state index in [-0.39, 0.29) is 11.5 Å². The number of carbonyl (C=O) groups excluding carboxylic acids is 1. The molecule has 0 radical (unpaired) electrons. The van der Waals surface area contributed by atoms with E-state index >= 15 is 0 Å². The number of benzene rings is 1. The van der Waals surface area contributed by atoms with Gasteiger partial charge < -0.3 is 15.3 Å². The van der Waals surface area contributed by atoms with Crippen molar-refractivity contribution < 1.29 is 14.7 Å². The summed E-state index contributed by atoms with van der Waals surface area (Å²) in [5.41, 5.74) is 1.34. The zero-order chi connectivity index (χ0) is 16.5. The zero-order valence-electron chi connectivity index (χ0n) is 13.7. The summed E-state index contributed by atoms with van der Waals surface area (Å²) < 4.78 is 0. The van der Waals surface area contributed by atoms with Gasteiger partial charge in [-0.2, -0.15) is 0 Å². The highest BCUT2D eigenvalue weighted by Gasteiger charge is 2.14. The van der Waals surface area contributed by atoms with E-state index in [4.69, 9.17) is 0 Å². The van der Waals surface area contributed by atoms with Crippen LogP contribution in [-0.2, 0) is 4.79 Å². The first-order valence-corrected chi connectivity index (χ1v) is 7.87. The first-order chi connectivity index (χ1) is 10.5. The average Bonchev–Trinajstić information content (AvgIpc) is 2.50. The number of carboxylic acids is 1. The van der Waals surface area contributed by atoms with Gasteiger partial charge in [-0.05, 0) is 31.0 Å². The first kappa shape index (κ1) is 18.0. The van der Waals surface area contributed by atoms with Crippen molar-refractivity contribution in [3.8, 4) is 0 Å². The third kappa shape index (κ3) is 5.39. The SMILES string of the molecule is CCCCC(=O)Nc1ccc(N(C)CCCC)cc1C(=O)O. The number of rotatable bonds is 9. The van der Waals surface area contributed by atoms with E-state index in [0.717, 1.165) is 37.9 Å². The van der Waals surface area contributed by atoms with E-state index in [0.29, 0.717) is 12.1 Å². The normalized spacial score (nSPS) is 10.3. The van der Waals surface area contributed by atoms with Crippen molar-refractivity contribution in [3.63, 3.8) is 0 Å². The maximum Gasteiger partial charge on any atom is 0.337 e. The third-order valence-electron chi connectivity index (χ3n) is 3.55. The molecule has 5 nitrogen and oxygen atoms in total. The van der Waals surface area contributed by atoms with Crippen LogP contribution in [0.3, 0.4) is 0 Å². The molecule has 0 spiro atoms. The highest BCUT2D eigenvalue weighted by molar-refractivity contribution is 6.01. The molecule has 0 unspecified atom stereocenters. The molecule has 0 fully saturated rings. The lowest BCUT2D eigenvalue weighted by molar-refractivity contribution is -0.116. The molecule has 5 heteroatoms. The van der Waals surface area contributed by atoms with E-state index in [1.54, 1.807) is 12.1 Å². The van der Waals surface area contributed by atoms with Crippen LogP contribution in [0.15, 0.2) is 18.2 Å². The molecular formula is C17H26N2O3. The molecule has 0 aliphatic rings. The molecule has 1 amide bonds. The molecule has 0 heterocycles. The number of anilines is 2. The van der Waals surface area contributed by atoms with Crippen LogP contribution in [0.25, 0.3) is 0 Å². The minimum absolute atomic E-state index is 0.130. The van der Waals surface area contributed by atoms with Crippen LogP contribution < -0.4 is 10.2 Å². The van der Waals surface area contributed by atoms with E-state index in [1.165, 1.54) is 0 Å². The molecule has 1 aromatic carbocycles. The van der Waals surface area contributed by atoms with Crippen LogP contribution in [0.4, 0.5) is 11.4 Å². The number of hydrogen-bond acceptors (Lipinski definition) is 3. The van der Waals surface area contributed by atoms with E-state index in [1.807, 2.05) is 24.9 Å². The Hall–Kier alpha value is -2.04. The van der Waals surface area contributed by atoms with Crippen molar-refractivity contribution in [1.82, 2.24) is 0 Å². The van der Waals surface area contributed by atoms with Crippen LogP contribution in [0.1, 0.15) is 56.3 Å². The minimum atomic E-state index is -1.03. The Labute approximate surface area is 132 Å². The lowest BCUT2D eigenvalue weighted by Gasteiger charge is -2.20. The molecule has 0 aromatic heterocycles. The van der Waals surface area contributed by atoms with Gasteiger partial charge in [0.25, 0.3) is 0 Å². The van der Waals surface area contributed by atoms with E-state index in [9.17, 15) is 14.7 Å². The quantitative estimate of drug-likeness (QED) is 0.729. The maximum atomic E-state index is 11.8. The molecule has 0 bridgehead atoms. The summed E-state index contributed by atoms with van der Waals surface area (Å²) in [6.07, 6.45) is 4.27. The van der Waals surface area contributed by atoms with Crippen molar-refractivity contribution in [1.29, 1.82) is 0 Å². The monoisotopic (exact) mass is 306 g/mol. The predicted molar refractivity (Wildman–Crippen MR) is 89.7 cm³/mol. The van der Waals surface area contributed by atoms with Gasteiger partial charge in [-0.25, -0.2) is 4.79 Å². The largest absolute Gasteiger partial charge is 0.478 e. The van der Waals surface area contributed by atoms with Gasteiger partial charge in [0.05, 0.1) is 11.3 Å². The number of amides is 1. The third-order valence-corrected chi connectivity index (χ3v) is 3.55. The van der Waals surface area contributed by atoms with Gasteiger partial charge in [0.15, 0.2) is 0 Å². The summed E-state index contributed by atoms with van der Waals surface area (Å²) in [5, 5.41) is 12.1. The Morgan fingerprint density at radius 3 is 2.45 bits per heavy atom. The summed E-state index contributed by atoms with van der Waals surface area (Å²) in [4.78, 5) is 25.3. The second-order valence-corrected chi connectivity index (χ2v) is 5.46. The number of nitrogens with zero attached hydrogens (tertiary/aromatic N) is 1. The van der Waals surface area contributed by atoms with Crippen molar-refractivity contribution >= 4 is 23.3 Å². The lowest BCUT2D eigenvalue weighted by atomic mass is 10.1. The number of hydrogen-bond donors (Lipinski definition) is 2. The second-order valence-electron chi connectivity index (χ2n) is 5.46. The summed E-state index contributed by atoms with van der Waals surface area (Å²) in [6, 6.07) is 5.13. The Morgan fingerprint density at radius 2 is 1.86 bits per heavy atom. The Bertz CT molecular complexity index is 515. The van der Waals surface area contributed by atoms with Gasteiger partial charge in [-0.1, -0.05) is 26.7 Å². The smallest absolute Gasteiger partial charge is 0.337 e. The fourth-order valence-corrected chi connectivity index (χ4v) is 2.13. The van der Waals surface area contributed by atoms with E-state index in [2.05, 4.69) is 12.2 Å². The molecule has 0 saturated carbocycles. The molecule has 0 aliphatic heterocycles. The van der Waals surface area contributed by atoms with Crippen LogP contribution in [0, 0.1) is 0 Å². The summed E-state index contributed by atoms with van der Waals surface area (Å²) >= 11 is 0. The molecule has 0 aliphatic carbocycles. The molecule has 22 heavy (non-hydrogen) atoms. The topological polar surface area (TPSA) is 69.6 Å². The number of unbranched alkanes of at least 4 members (excludes halogenated alkanes) is 2. The molecule has 1 aromatic rings. The Kier molecular flexibility index (Phi) is 7.43. The zero-order valence-corrected chi connectivity index (χ0v) is 13.7. The van der Waals surface area contributed by atoms with Crippen LogP contribution >= 0.6 is 0 Å². The molecule has 0 atom stereocenters. The van der Waals surface area contributed by atoms with Gasteiger partial charge in [0.2, 0.25) is 5.91 Å². The summed E-state index contributed by atoms with van der Waals surface area (Å²) in [6.45, 7) is 5.00. The number of carboxylic acid groups (broad SMARTS) is 1. The maximum absolute atomic E-state index is 11.8. The molecule has 122 valence electrons. The first-order valence-electron chi connectivity index (χ1n) is 7.87. The highest BCUT2D eigenvalue weighted by Crippen LogP contribution is 2.23. The Morgan fingerprint density at radius 1 is 1.18 bits per heavy atom. The van der Waals surface area contributed by atoms with Crippen LogP contribution in [-0.4, -0.2) is 30.6 Å². The summed E-state index contributed by atoms with van der Waals surface area (Å²) in [5.74, 6) is -1.17.